The Morgan fingerprint density at radius 2 is 1.56 bits per heavy atom. The lowest BCUT2D eigenvalue weighted by Crippen LogP contribution is -2.49. The highest BCUT2D eigenvalue weighted by Gasteiger charge is 2.22. The summed E-state index contributed by atoms with van der Waals surface area (Å²) in [5.41, 5.74) is 0. The molecule has 2 rings (SSSR count). The van der Waals surface area contributed by atoms with Crippen LogP contribution in [-0.4, -0.2) is 87.7 Å². The third-order valence-corrected chi connectivity index (χ3v) is 4.50. The molecule has 0 bridgehead atoms. The highest BCUT2D eigenvalue weighted by Crippen LogP contribution is 2.17. The zero-order chi connectivity index (χ0) is 12.8. The van der Waals surface area contributed by atoms with E-state index in [2.05, 4.69) is 27.1 Å². The molecule has 4 heteroatoms. The second kappa shape index (κ2) is 7.43. The van der Waals surface area contributed by atoms with Gasteiger partial charge in [0.25, 0.3) is 0 Å². The van der Waals surface area contributed by atoms with Crippen molar-refractivity contribution in [1.82, 2.24) is 20.0 Å². The van der Waals surface area contributed by atoms with Crippen molar-refractivity contribution in [2.45, 2.75) is 12.8 Å². The van der Waals surface area contributed by atoms with E-state index in [1.807, 2.05) is 7.05 Å². The van der Waals surface area contributed by atoms with E-state index in [0.29, 0.717) is 0 Å². The maximum atomic E-state index is 3.24. The predicted molar refractivity (Wildman–Crippen MR) is 77.0 cm³/mol. The van der Waals surface area contributed by atoms with Gasteiger partial charge in [-0.15, -0.1) is 0 Å². The predicted octanol–water partition coefficient (Wildman–Crippen LogP) is 0.165. The molecule has 2 aliphatic heterocycles. The normalized spacial score (nSPS) is 25.7. The SMILES string of the molecule is CNCCN1CCN(CC2CCN(C)CC2)CC1. The molecule has 0 amide bonds. The van der Waals surface area contributed by atoms with Crippen LogP contribution in [0.5, 0.6) is 0 Å². The van der Waals surface area contributed by atoms with Gasteiger partial charge in [0.1, 0.15) is 0 Å². The van der Waals surface area contributed by atoms with E-state index in [-0.39, 0.29) is 0 Å². The lowest BCUT2D eigenvalue weighted by atomic mass is 9.96. The van der Waals surface area contributed by atoms with Crippen molar-refractivity contribution in [3.8, 4) is 0 Å². The van der Waals surface area contributed by atoms with E-state index < -0.39 is 0 Å². The number of rotatable bonds is 5. The molecule has 0 aromatic rings. The zero-order valence-electron chi connectivity index (χ0n) is 12.2. The van der Waals surface area contributed by atoms with Gasteiger partial charge in [0.15, 0.2) is 0 Å². The quantitative estimate of drug-likeness (QED) is 0.755. The molecule has 4 nitrogen and oxygen atoms in total. The van der Waals surface area contributed by atoms with E-state index in [0.717, 1.165) is 12.5 Å². The van der Waals surface area contributed by atoms with Crippen LogP contribution in [0.2, 0.25) is 0 Å². The van der Waals surface area contributed by atoms with Crippen molar-refractivity contribution in [3.05, 3.63) is 0 Å². The molecule has 0 radical (unpaired) electrons. The fourth-order valence-electron chi connectivity index (χ4n) is 3.08. The summed E-state index contributed by atoms with van der Waals surface area (Å²) < 4.78 is 0. The van der Waals surface area contributed by atoms with Crippen molar-refractivity contribution >= 4 is 0 Å². The Balaban J connectivity index is 1.61. The molecule has 0 saturated carbocycles. The summed E-state index contributed by atoms with van der Waals surface area (Å²) in [5.74, 6) is 0.949. The van der Waals surface area contributed by atoms with Crippen LogP contribution in [0.1, 0.15) is 12.8 Å². The Kier molecular flexibility index (Phi) is 5.89. The molecule has 2 heterocycles. The van der Waals surface area contributed by atoms with Crippen LogP contribution in [-0.2, 0) is 0 Å². The lowest BCUT2D eigenvalue weighted by molar-refractivity contribution is 0.101. The number of nitrogens with zero attached hydrogens (tertiary/aromatic N) is 3. The van der Waals surface area contributed by atoms with Gasteiger partial charge >= 0.3 is 0 Å². The van der Waals surface area contributed by atoms with Crippen LogP contribution in [0, 0.1) is 5.92 Å². The maximum Gasteiger partial charge on any atom is 0.0110 e. The van der Waals surface area contributed by atoms with Crippen LogP contribution in [0.15, 0.2) is 0 Å². The summed E-state index contributed by atoms with van der Waals surface area (Å²) in [4.78, 5) is 7.74. The fraction of sp³-hybridized carbons (Fsp3) is 1.00. The van der Waals surface area contributed by atoms with Gasteiger partial charge in [-0.25, -0.2) is 0 Å². The summed E-state index contributed by atoms with van der Waals surface area (Å²) in [6.07, 6.45) is 2.80. The Hall–Kier alpha value is -0.160. The highest BCUT2D eigenvalue weighted by atomic mass is 15.3. The first-order valence-electron chi connectivity index (χ1n) is 7.56. The molecule has 106 valence electrons. The topological polar surface area (TPSA) is 21.8 Å². The molecule has 0 aromatic heterocycles. The third-order valence-electron chi connectivity index (χ3n) is 4.50. The number of nitrogens with one attached hydrogen (secondary N) is 1. The van der Waals surface area contributed by atoms with Gasteiger partial charge < -0.3 is 15.1 Å². The third kappa shape index (κ3) is 4.50. The van der Waals surface area contributed by atoms with Crippen LogP contribution in [0.25, 0.3) is 0 Å². The number of likely N-dealkylation sites (tertiary alicyclic amines) is 1. The van der Waals surface area contributed by atoms with Crippen LogP contribution in [0.3, 0.4) is 0 Å². The van der Waals surface area contributed by atoms with Crippen molar-refractivity contribution in [2.24, 2.45) is 5.92 Å². The minimum absolute atomic E-state index is 0.949. The van der Waals surface area contributed by atoms with Gasteiger partial charge in [-0.1, -0.05) is 0 Å². The Morgan fingerprint density at radius 3 is 2.17 bits per heavy atom. The van der Waals surface area contributed by atoms with Gasteiger partial charge in [0.2, 0.25) is 0 Å². The van der Waals surface area contributed by atoms with Crippen LogP contribution in [0.4, 0.5) is 0 Å². The van der Waals surface area contributed by atoms with Gasteiger partial charge in [0, 0.05) is 45.8 Å². The summed E-state index contributed by atoms with van der Waals surface area (Å²) >= 11 is 0. The minimum Gasteiger partial charge on any atom is -0.318 e. The first-order chi connectivity index (χ1) is 8.78. The summed E-state index contributed by atoms with van der Waals surface area (Å²) in [7, 11) is 4.28. The summed E-state index contributed by atoms with van der Waals surface area (Å²) in [6.45, 7) is 11.3. The molecular formula is C14H30N4. The molecule has 0 aliphatic carbocycles. The maximum absolute atomic E-state index is 3.24. The van der Waals surface area contributed by atoms with E-state index in [9.17, 15) is 0 Å². The summed E-state index contributed by atoms with van der Waals surface area (Å²) in [6, 6.07) is 0. The molecule has 2 saturated heterocycles. The molecule has 0 spiro atoms. The monoisotopic (exact) mass is 254 g/mol. The molecular weight excluding hydrogens is 224 g/mol. The molecule has 0 aromatic carbocycles. The first-order valence-corrected chi connectivity index (χ1v) is 7.56. The molecule has 2 aliphatic rings. The fourth-order valence-corrected chi connectivity index (χ4v) is 3.08. The number of piperazine rings is 1. The zero-order valence-corrected chi connectivity index (χ0v) is 12.2. The molecule has 1 N–H and O–H groups in total. The molecule has 2 fully saturated rings. The number of hydrogen-bond acceptors (Lipinski definition) is 4. The lowest BCUT2D eigenvalue weighted by Gasteiger charge is -2.38. The Morgan fingerprint density at radius 1 is 0.944 bits per heavy atom. The van der Waals surface area contributed by atoms with Gasteiger partial charge in [0.05, 0.1) is 0 Å². The Bertz CT molecular complexity index is 218. The van der Waals surface area contributed by atoms with Gasteiger partial charge in [-0.2, -0.15) is 0 Å². The van der Waals surface area contributed by atoms with Gasteiger partial charge in [-0.05, 0) is 45.9 Å². The molecule has 18 heavy (non-hydrogen) atoms. The van der Waals surface area contributed by atoms with E-state index in [4.69, 9.17) is 0 Å². The van der Waals surface area contributed by atoms with E-state index >= 15 is 0 Å². The number of piperidine rings is 1. The first kappa shape index (κ1) is 14.3. The van der Waals surface area contributed by atoms with Crippen molar-refractivity contribution in [1.29, 1.82) is 0 Å². The van der Waals surface area contributed by atoms with E-state index in [1.165, 1.54) is 65.2 Å². The standard InChI is InChI=1S/C14H30N4/c1-15-5-8-17-9-11-18(12-10-17)13-14-3-6-16(2)7-4-14/h14-15H,3-13H2,1-2H3. The molecule has 0 atom stereocenters. The number of hydrogen-bond donors (Lipinski definition) is 1. The average Bonchev–Trinajstić information content (AvgIpc) is 2.41. The van der Waals surface area contributed by atoms with Gasteiger partial charge in [-0.3, -0.25) is 4.90 Å². The highest BCUT2D eigenvalue weighted by molar-refractivity contribution is 4.77. The minimum atomic E-state index is 0.949. The largest absolute Gasteiger partial charge is 0.318 e. The Labute approximate surface area is 112 Å². The van der Waals surface area contributed by atoms with Crippen molar-refractivity contribution in [2.75, 3.05) is 73.0 Å². The number of likely N-dealkylation sites (N-methyl/N-ethyl adjacent to an activating group) is 1. The van der Waals surface area contributed by atoms with Crippen LogP contribution < -0.4 is 5.32 Å². The average molecular weight is 254 g/mol. The van der Waals surface area contributed by atoms with Crippen molar-refractivity contribution in [3.63, 3.8) is 0 Å². The molecule has 0 unspecified atom stereocenters. The van der Waals surface area contributed by atoms with Crippen LogP contribution >= 0.6 is 0 Å². The summed E-state index contributed by atoms with van der Waals surface area (Å²) in [5, 5.41) is 3.24. The van der Waals surface area contributed by atoms with E-state index in [1.54, 1.807) is 0 Å². The van der Waals surface area contributed by atoms with Crippen molar-refractivity contribution < 1.29 is 0 Å². The smallest absolute Gasteiger partial charge is 0.0110 e. The second-order valence-corrected chi connectivity index (χ2v) is 5.99. The second-order valence-electron chi connectivity index (χ2n) is 5.99.